The molecule has 0 unspecified atom stereocenters. The molecule has 13 heavy (non-hydrogen) atoms. The van der Waals surface area contributed by atoms with Crippen molar-refractivity contribution in [3.05, 3.63) is 17.3 Å². The van der Waals surface area contributed by atoms with E-state index in [4.69, 9.17) is 0 Å². The van der Waals surface area contributed by atoms with E-state index in [0.717, 1.165) is 28.9 Å². The van der Waals surface area contributed by atoms with Crippen molar-refractivity contribution >= 4 is 21.6 Å². The van der Waals surface area contributed by atoms with Crippen LogP contribution in [-0.2, 0) is 6.42 Å². The molecule has 68 valence electrons. The molecule has 0 spiro atoms. The number of rotatable bonds is 2. The Morgan fingerprint density at radius 1 is 1.46 bits per heavy atom. The molecule has 0 fully saturated rings. The van der Waals surface area contributed by atoms with Gasteiger partial charge in [0, 0.05) is 6.42 Å². The Morgan fingerprint density at radius 3 is 3.08 bits per heavy atom. The number of nitrogens with zero attached hydrogens (tertiary/aromatic N) is 2. The number of hydrogen-bond donors (Lipinski definition) is 1. The van der Waals surface area contributed by atoms with Crippen molar-refractivity contribution < 1.29 is 5.11 Å². The maximum Gasteiger partial charge on any atom is 0.232 e. The van der Waals surface area contributed by atoms with Crippen molar-refractivity contribution in [3.8, 4) is 5.88 Å². The van der Waals surface area contributed by atoms with Crippen LogP contribution in [0.4, 0.5) is 0 Å². The van der Waals surface area contributed by atoms with E-state index in [1.807, 2.05) is 11.4 Å². The fourth-order valence-electron chi connectivity index (χ4n) is 1.23. The molecule has 1 N–H and O–H groups in total. The monoisotopic (exact) mass is 194 g/mol. The number of aromatic hydroxyl groups is 1. The summed E-state index contributed by atoms with van der Waals surface area (Å²) in [6, 6.07) is 1.90. The number of aryl methyl sites for hydroxylation is 1. The average molecular weight is 194 g/mol. The minimum atomic E-state index is 0.114. The maximum absolute atomic E-state index is 9.53. The van der Waals surface area contributed by atoms with Gasteiger partial charge in [0.25, 0.3) is 0 Å². The Kier molecular flexibility index (Phi) is 2.14. The van der Waals surface area contributed by atoms with E-state index < -0.39 is 0 Å². The van der Waals surface area contributed by atoms with Gasteiger partial charge >= 0.3 is 0 Å². The first-order chi connectivity index (χ1) is 6.31. The van der Waals surface area contributed by atoms with Crippen LogP contribution in [0.3, 0.4) is 0 Å². The Labute approximate surface area is 80.1 Å². The summed E-state index contributed by atoms with van der Waals surface area (Å²) < 4.78 is 0.778. The molecule has 0 aromatic carbocycles. The quantitative estimate of drug-likeness (QED) is 0.798. The normalized spacial score (nSPS) is 10.8. The summed E-state index contributed by atoms with van der Waals surface area (Å²) in [7, 11) is 0. The van der Waals surface area contributed by atoms with Gasteiger partial charge in [-0.25, -0.2) is 4.98 Å². The molecular weight excluding hydrogens is 184 g/mol. The molecular formula is C9H10N2OS. The van der Waals surface area contributed by atoms with Gasteiger partial charge in [0.15, 0.2) is 0 Å². The first kappa shape index (κ1) is 8.44. The predicted molar refractivity (Wildman–Crippen MR) is 53.1 cm³/mol. The third kappa shape index (κ3) is 1.49. The molecule has 0 aliphatic carbocycles. The summed E-state index contributed by atoms with van der Waals surface area (Å²) in [5.41, 5.74) is 0.848. The van der Waals surface area contributed by atoms with Gasteiger partial charge in [0.1, 0.15) is 10.5 Å². The lowest BCUT2D eigenvalue weighted by Crippen LogP contribution is -1.93. The Bertz CT molecular complexity index is 424. The van der Waals surface area contributed by atoms with Gasteiger partial charge < -0.3 is 5.11 Å². The van der Waals surface area contributed by atoms with E-state index in [1.165, 1.54) is 11.3 Å². The van der Waals surface area contributed by atoms with E-state index in [-0.39, 0.29) is 5.88 Å². The average Bonchev–Trinajstić information content (AvgIpc) is 2.53. The molecule has 4 heteroatoms. The van der Waals surface area contributed by atoms with E-state index in [0.29, 0.717) is 0 Å². The summed E-state index contributed by atoms with van der Waals surface area (Å²) in [6.07, 6.45) is 1.81. The minimum absolute atomic E-state index is 0.114. The smallest absolute Gasteiger partial charge is 0.232 e. The second kappa shape index (κ2) is 3.30. The largest absolute Gasteiger partial charge is 0.492 e. The number of hydrogen-bond acceptors (Lipinski definition) is 4. The third-order valence-corrected chi connectivity index (χ3v) is 2.71. The van der Waals surface area contributed by atoms with E-state index in [2.05, 4.69) is 16.9 Å². The van der Waals surface area contributed by atoms with Crippen LogP contribution in [0.5, 0.6) is 5.88 Å². The highest BCUT2D eigenvalue weighted by Gasteiger charge is 2.06. The SMILES string of the molecule is CCCc1nc(O)c2sccc2n1. The number of fused-ring (bicyclic) bond motifs is 1. The Hall–Kier alpha value is -1.16. The topological polar surface area (TPSA) is 46.0 Å². The molecule has 2 heterocycles. The van der Waals surface area contributed by atoms with Gasteiger partial charge in [-0.3, -0.25) is 0 Å². The van der Waals surface area contributed by atoms with Crippen molar-refractivity contribution in [3.63, 3.8) is 0 Å². The zero-order valence-corrected chi connectivity index (χ0v) is 8.14. The third-order valence-electron chi connectivity index (χ3n) is 1.81. The molecule has 2 rings (SSSR count). The summed E-state index contributed by atoms with van der Waals surface area (Å²) in [4.78, 5) is 8.34. The maximum atomic E-state index is 9.53. The van der Waals surface area contributed by atoms with Crippen molar-refractivity contribution in [1.29, 1.82) is 0 Å². The zero-order valence-electron chi connectivity index (χ0n) is 7.32. The fraction of sp³-hybridized carbons (Fsp3) is 0.333. The standard InChI is InChI=1S/C9H10N2OS/c1-2-3-7-10-6-4-5-13-8(6)9(12)11-7/h4-5H,2-3H2,1H3,(H,10,11,12). The van der Waals surface area contributed by atoms with Crippen molar-refractivity contribution in [2.24, 2.45) is 0 Å². The molecule has 0 bridgehead atoms. The molecule has 0 aliphatic rings. The fourth-order valence-corrected chi connectivity index (χ4v) is 1.95. The second-order valence-electron chi connectivity index (χ2n) is 2.85. The van der Waals surface area contributed by atoms with Crippen LogP contribution < -0.4 is 0 Å². The molecule has 0 aliphatic heterocycles. The summed E-state index contributed by atoms with van der Waals surface area (Å²) in [5, 5.41) is 11.4. The second-order valence-corrected chi connectivity index (χ2v) is 3.76. The molecule has 0 radical (unpaired) electrons. The Balaban J connectivity index is 2.56. The first-order valence-corrected chi connectivity index (χ1v) is 5.12. The molecule has 0 amide bonds. The summed E-state index contributed by atoms with van der Waals surface area (Å²) >= 11 is 1.47. The van der Waals surface area contributed by atoms with Gasteiger partial charge in [-0.2, -0.15) is 4.98 Å². The molecule has 3 nitrogen and oxygen atoms in total. The van der Waals surface area contributed by atoms with Gasteiger partial charge in [-0.15, -0.1) is 11.3 Å². The lowest BCUT2D eigenvalue weighted by molar-refractivity contribution is 0.457. The van der Waals surface area contributed by atoms with Gasteiger partial charge in [-0.1, -0.05) is 6.92 Å². The van der Waals surface area contributed by atoms with Crippen LogP contribution >= 0.6 is 11.3 Å². The highest BCUT2D eigenvalue weighted by Crippen LogP contribution is 2.26. The first-order valence-electron chi connectivity index (χ1n) is 4.24. The molecule has 0 atom stereocenters. The van der Waals surface area contributed by atoms with Crippen LogP contribution in [0.2, 0.25) is 0 Å². The van der Waals surface area contributed by atoms with Gasteiger partial charge in [0.2, 0.25) is 5.88 Å². The molecule has 0 saturated heterocycles. The van der Waals surface area contributed by atoms with Crippen LogP contribution in [0.15, 0.2) is 11.4 Å². The van der Waals surface area contributed by atoms with E-state index in [9.17, 15) is 5.11 Å². The van der Waals surface area contributed by atoms with Crippen molar-refractivity contribution in [1.82, 2.24) is 9.97 Å². The van der Waals surface area contributed by atoms with Crippen molar-refractivity contribution in [2.75, 3.05) is 0 Å². The number of aromatic nitrogens is 2. The van der Waals surface area contributed by atoms with Crippen LogP contribution in [0.25, 0.3) is 10.2 Å². The zero-order chi connectivity index (χ0) is 9.26. The van der Waals surface area contributed by atoms with Crippen LogP contribution in [-0.4, -0.2) is 15.1 Å². The Morgan fingerprint density at radius 2 is 2.31 bits per heavy atom. The highest BCUT2D eigenvalue weighted by molar-refractivity contribution is 7.17. The lowest BCUT2D eigenvalue weighted by atomic mass is 10.3. The predicted octanol–water partition coefficient (Wildman–Crippen LogP) is 2.35. The molecule has 0 saturated carbocycles. The van der Waals surface area contributed by atoms with E-state index >= 15 is 0 Å². The lowest BCUT2D eigenvalue weighted by Gasteiger charge is -1.98. The van der Waals surface area contributed by atoms with Gasteiger partial charge in [0.05, 0.1) is 5.52 Å². The van der Waals surface area contributed by atoms with Crippen molar-refractivity contribution in [2.45, 2.75) is 19.8 Å². The summed E-state index contributed by atoms with van der Waals surface area (Å²) in [5.74, 6) is 0.842. The van der Waals surface area contributed by atoms with Gasteiger partial charge in [-0.05, 0) is 17.9 Å². The van der Waals surface area contributed by atoms with E-state index in [1.54, 1.807) is 0 Å². The minimum Gasteiger partial charge on any atom is -0.492 e. The summed E-state index contributed by atoms with van der Waals surface area (Å²) in [6.45, 7) is 2.07. The molecule has 2 aromatic rings. The van der Waals surface area contributed by atoms with Crippen LogP contribution in [0, 0.1) is 0 Å². The molecule has 2 aromatic heterocycles. The highest BCUT2D eigenvalue weighted by atomic mass is 32.1. The number of thiophene rings is 1. The van der Waals surface area contributed by atoms with Crippen LogP contribution in [0.1, 0.15) is 19.2 Å².